The number of benzene rings is 2. The maximum Gasteiger partial charge on any atom is 0.230 e. The quantitative estimate of drug-likeness (QED) is 0.710. The molecule has 0 spiro atoms. The molecule has 0 aliphatic rings. The van der Waals surface area contributed by atoms with Gasteiger partial charge in [0.2, 0.25) is 5.91 Å². The fourth-order valence-corrected chi connectivity index (χ4v) is 3.06. The Morgan fingerprint density at radius 1 is 1.20 bits per heavy atom. The summed E-state index contributed by atoms with van der Waals surface area (Å²) in [6.45, 7) is 4.32. The number of rotatable bonds is 5. The Balaban J connectivity index is 1.77. The number of amides is 1. The van der Waals surface area contributed by atoms with E-state index in [4.69, 9.17) is 16.3 Å². The first-order valence-electron chi connectivity index (χ1n) is 8.10. The van der Waals surface area contributed by atoms with E-state index >= 15 is 0 Å². The predicted molar refractivity (Wildman–Crippen MR) is 101 cm³/mol. The molecule has 3 aromatic rings. The van der Waals surface area contributed by atoms with E-state index in [0.29, 0.717) is 11.6 Å². The minimum Gasteiger partial charge on any atom is -0.497 e. The van der Waals surface area contributed by atoms with Crippen LogP contribution in [0.3, 0.4) is 0 Å². The molecule has 0 radical (unpaired) electrons. The number of ether oxygens (including phenoxy) is 1. The van der Waals surface area contributed by atoms with E-state index in [1.807, 2.05) is 62.5 Å². The van der Waals surface area contributed by atoms with Gasteiger partial charge in [-0.05, 0) is 49.2 Å². The summed E-state index contributed by atoms with van der Waals surface area (Å²) in [5.41, 5.74) is 2.24. The van der Waals surface area contributed by atoms with E-state index in [9.17, 15) is 4.79 Å². The summed E-state index contributed by atoms with van der Waals surface area (Å²) >= 11 is 6.04. The van der Waals surface area contributed by atoms with Gasteiger partial charge in [-0.25, -0.2) is 0 Å². The van der Waals surface area contributed by atoms with Crippen LogP contribution in [0.15, 0.2) is 48.7 Å². The number of carbonyl (C=O) groups excluding carboxylic acids is 1. The first-order valence-corrected chi connectivity index (χ1v) is 8.48. The van der Waals surface area contributed by atoms with Gasteiger partial charge < -0.3 is 15.0 Å². The summed E-state index contributed by atoms with van der Waals surface area (Å²) in [6, 6.07) is 13.3. The second kappa shape index (κ2) is 6.81. The molecule has 0 aliphatic heterocycles. The molecule has 0 aliphatic carbocycles. The van der Waals surface area contributed by atoms with Gasteiger partial charge >= 0.3 is 0 Å². The van der Waals surface area contributed by atoms with Gasteiger partial charge in [0.1, 0.15) is 5.75 Å². The fraction of sp³-hybridized carbons (Fsp3) is 0.250. The van der Waals surface area contributed by atoms with Gasteiger partial charge in [-0.3, -0.25) is 4.79 Å². The standard InChI is InChI=1S/C20H21ClN2O2/c1-20(2,17-12-22-18-10-14(21)6-9-16(17)18)19(24)23-11-13-4-7-15(25-3)8-5-13/h4-10,12,22H,11H2,1-3H3,(H,23,24). The van der Waals surface area contributed by atoms with Crippen LogP contribution < -0.4 is 10.1 Å². The molecule has 1 heterocycles. The molecule has 0 fully saturated rings. The van der Waals surface area contributed by atoms with Crippen molar-refractivity contribution in [2.75, 3.05) is 7.11 Å². The smallest absolute Gasteiger partial charge is 0.230 e. The van der Waals surface area contributed by atoms with Crippen molar-refractivity contribution >= 4 is 28.4 Å². The maximum atomic E-state index is 12.8. The monoisotopic (exact) mass is 356 g/mol. The van der Waals surface area contributed by atoms with Crippen LogP contribution in [0.4, 0.5) is 0 Å². The number of carbonyl (C=O) groups is 1. The first kappa shape index (κ1) is 17.4. The first-order chi connectivity index (χ1) is 11.9. The molecule has 1 aromatic heterocycles. The lowest BCUT2D eigenvalue weighted by molar-refractivity contribution is -0.125. The average Bonchev–Trinajstić information content (AvgIpc) is 3.03. The fourth-order valence-electron chi connectivity index (χ4n) is 2.88. The second-order valence-corrected chi connectivity index (χ2v) is 6.98. The molecule has 0 saturated carbocycles. The Hall–Kier alpha value is -2.46. The van der Waals surface area contributed by atoms with Crippen LogP contribution in [0.1, 0.15) is 25.0 Å². The van der Waals surface area contributed by atoms with Gasteiger partial charge in [0.25, 0.3) is 0 Å². The number of aromatic amines is 1. The molecule has 0 saturated heterocycles. The zero-order valence-electron chi connectivity index (χ0n) is 14.5. The number of H-pyrrole nitrogens is 1. The Morgan fingerprint density at radius 2 is 1.92 bits per heavy atom. The van der Waals surface area contributed by atoms with E-state index in [1.54, 1.807) is 7.11 Å². The molecule has 1 amide bonds. The van der Waals surface area contributed by atoms with Crippen molar-refractivity contribution in [2.45, 2.75) is 25.8 Å². The molecule has 25 heavy (non-hydrogen) atoms. The van der Waals surface area contributed by atoms with Gasteiger partial charge in [-0.2, -0.15) is 0 Å². The van der Waals surface area contributed by atoms with Crippen molar-refractivity contribution in [3.63, 3.8) is 0 Å². The largest absolute Gasteiger partial charge is 0.497 e. The van der Waals surface area contributed by atoms with Crippen molar-refractivity contribution in [2.24, 2.45) is 0 Å². The van der Waals surface area contributed by atoms with E-state index < -0.39 is 5.41 Å². The molecule has 0 bridgehead atoms. The number of hydrogen-bond donors (Lipinski definition) is 2. The van der Waals surface area contributed by atoms with Crippen molar-refractivity contribution in [3.05, 3.63) is 64.8 Å². The molecule has 0 unspecified atom stereocenters. The lowest BCUT2D eigenvalue weighted by atomic mass is 9.83. The molecule has 2 N–H and O–H groups in total. The van der Waals surface area contributed by atoms with Crippen molar-refractivity contribution in [1.29, 1.82) is 0 Å². The van der Waals surface area contributed by atoms with Crippen LogP contribution in [-0.4, -0.2) is 18.0 Å². The highest BCUT2D eigenvalue weighted by Gasteiger charge is 2.32. The topological polar surface area (TPSA) is 54.1 Å². The highest BCUT2D eigenvalue weighted by molar-refractivity contribution is 6.31. The number of halogens is 1. The van der Waals surface area contributed by atoms with Gasteiger partial charge in [-0.1, -0.05) is 29.8 Å². The highest BCUT2D eigenvalue weighted by Crippen LogP contribution is 2.32. The van der Waals surface area contributed by atoms with Crippen LogP contribution in [0.25, 0.3) is 10.9 Å². The summed E-state index contributed by atoms with van der Waals surface area (Å²) in [5, 5.41) is 4.70. The Kier molecular flexibility index (Phi) is 4.73. The average molecular weight is 357 g/mol. The highest BCUT2D eigenvalue weighted by atomic mass is 35.5. The molecular weight excluding hydrogens is 336 g/mol. The van der Waals surface area contributed by atoms with Crippen LogP contribution in [-0.2, 0) is 16.8 Å². The molecule has 3 rings (SSSR count). The summed E-state index contributed by atoms with van der Waals surface area (Å²) in [4.78, 5) is 16.0. The van der Waals surface area contributed by atoms with Crippen molar-refractivity contribution < 1.29 is 9.53 Å². The van der Waals surface area contributed by atoms with Crippen molar-refractivity contribution in [1.82, 2.24) is 10.3 Å². The van der Waals surface area contributed by atoms with Crippen LogP contribution in [0.5, 0.6) is 5.75 Å². The lowest BCUT2D eigenvalue weighted by Gasteiger charge is -2.23. The number of nitrogens with one attached hydrogen (secondary N) is 2. The summed E-state index contributed by atoms with van der Waals surface area (Å²) in [5.74, 6) is 0.770. The van der Waals surface area contributed by atoms with Gasteiger partial charge in [-0.15, -0.1) is 0 Å². The predicted octanol–water partition coefficient (Wildman–Crippen LogP) is 4.42. The molecule has 4 nitrogen and oxygen atoms in total. The Bertz CT molecular complexity index is 898. The third-order valence-electron chi connectivity index (χ3n) is 4.50. The number of hydrogen-bond acceptors (Lipinski definition) is 2. The van der Waals surface area contributed by atoms with Crippen LogP contribution in [0, 0.1) is 0 Å². The van der Waals surface area contributed by atoms with Crippen LogP contribution in [0.2, 0.25) is 5.02 Å². The summed E-state index contributed by atoms with van der Waals surface area (Å²) < 4.78 is 5.15. The zero-order chi connectivity index (χ0) is 18.0. The van der Waals surface area contributed by atoms with Gasteiger partial charge in [0.15, 0.2) is 0 Å². The zero-order valence-corrected chi connectivity index (χ0v) is 15.3. The SMILES string of the molecule is COc1ccc(CNC(=O)C(C)(C)c2c[nH]c3cc(Cl)ccc23)cc1. The number of fused-ring (bicyclic) bond motifs is 1. The molecule has 130 valence electrons. The van der Waals surface area contributed by atoms with E-state index in [2.05, 4.69) is 10.3 Å². The number of methoxy groups -OCH3 is 1. The minimum absolute atomic E-state index is 0.0285. The Morgan fingerprint density at radius 3 is 2.60 bits per heavy atom. The second-order valence-electron chi connectivity index (χ2n) is 6.55. The third-order valence-corrected chi connectivity index (χ3v) is 4.73. The van der Waals surface area contributed by atoms with Gasteiger partial charge in [0.05, 0.1) is 12.5 Å². The molecule has 2 aromatic carbocycles. The molecular formula is C20H21ClN2O2. The minimum atomic E-state index is -0.668. The van der Waals surface area contributed by atoms with Gasteiger partial charge in [0, 0.05) is 28.7 Å². The third kappa shape index (κ3) is 3.49. The normalized spacial score (nSPS) is 11.5. The van der Waals surface area contributed by atoms with E-state index in [0.717, 1.165) is 27.8 Å². The van der Waals surface area contributed by atoms with Crippen LogP contribution >= 0.6 is 11.6 Å². The summed E-state index contributed by atoms with van der Waals surface area (Å²) in [6.07, 6.45) is 1.88. The maximum absolute atomic E-state index is 12.8. The van der Waals surface area contributed by atoms with E-state index in [1.165, 1.54) is 0 Å². The number of aromatic nitrogens is 1. The summed E-state index contributed by atoms with van der Waals surface area (Å²) in [7, 11) is 1.63. The molecule has 5 heteroatoms. The van der Waals surface area contributed by atoms with E-state index in [-0.39, 0.29) is 5.91 Å². The lowest BCUT2D eigenvalue weighted by Crippen LogP contribution is -2.39. The Labute approximate surface area is 152 Å². The van der Waals surface area contributed by atoms with Crippen molar-refractivity contribution in [3.8, 4) is 5.75 Å². The molecule has 0 atom stereocenters.